The van der Waals surface area contributed by atoms with Crippen molar-refractivity contribution in [3.63, 3.8) is 0 Å². The molecule has 0 aliphatic rings. The first kappa shape index (κ1) is 58.2. The van der Waals surface area contributed by atoms with Crippen molar-refractivity contribution in [1.82, 2.24) is 19.9 Å². The van der Waals surface area contributed by atoms with Gasteiger partial charge < -0.3 is 27.9 Å². The zero-order chi connectivity index (χ0) is 55.3. The first-order valence-electron chi connectivity index (χ1n) is 25.1. The van der Waals surface area contributed by atoms with E-state index in [9.17, 15) is 14.0 Å². The van der Waals surface area contributed by atoms with E-state index in [0.29, 0.717) is 33.9 Å². The zero-order valence-electron chi connectivity index (χ0n) is 44.4. The van der Waals surface area contributed by atoms with Gasteiger partial charge in [-0.2, -0.15) is 0 Å². The predicted molar refractivity (Wildman–Crippen MR) is 307 cm³/mol. The van der Waals surface area contributed by atoms with Crippen molar-refractivity contribution in [3.8, 4) is 56.3 Å². The van der Waals surface area contributed by atoms with Gasteiger partial charge in [-0.3, -0.25) is 19.6 Å². The number of hydrogen-bond acceptors (Lipinski definition) is 12. The summed E-state index contributed by atoms with van der Waals surface area (Å²) < 4.78 is 37.8. The van der Waals surface area contributed by atoms with Crippen LogP contribution in [-0.4, -0.2) is 41.7 Å². The van der Waals surface area contributed by atoms with E-state index in [1.54, 1.807) is 12.1 Å². The summed E-state index contributed by atoms with van der Waals surface area (Å²) in [6, 6.07) is 58.6. The molecule has 8 aromatic heterocycles. The molecule has 8 heterocycles. The van der Waals surface area contributed by atoms with Crippen LogP contribution in [0.1, 0.15) is 39.1 Å². The fraction of sp³-hybridized carbons (Fsp3) is 0.0909. The van der Waals surface area contributed by atoms with Gasteiger partial charge in [0.2, 0.25) is 11.4 Å². The smallest absolute Gasteiger partial charge is 0.216 e. The van der Waals surface area contributed by atoms with E-state index >= 15 is 0 Å². The van der Waals surface area contributed by atoms with E-state index in [-0.39, 0.29) is 69.1 Å². The van der Waals surface area contributed by atoms with Crippen LogP contribution in [0.15, 0.2) is 205 Å². The van der Waals surface area contributed by atoms with Crippen molar-refractivity contribution in [1.29, 1.82) is 0 Å². The number of carbonyl (C=O) groups is 2. The van der Waals surface area contributed by atoms with Crippen LogP contribution in [0.25, 0.3) is 123 Å². The second kappa shape index (κ2) is 25.4. The van der Waals surface area contributed by atoms with Crippen molar-refractivity contribution >= 4 is 77.9 Å². The quantitative estimate of drug-likeness (QED) is 0.0878. The van der Waals surface area contributed by atoms with Gasteiger partial charge in [0, 0.05) is 91.7 Å². The van der Waals surface area contributed by atoms with Crippen molar-refractivity contribution in [2.24, 2.45) is 0 Å². The third kappa shape index (κ3) is 13.1. The Morgan fingerprint density at radius 1 is 0.506 bits per heavy atom. The van der Waals surface area contributed by atoms with Crippen molar-refractivity contribution in [2.45, 2.75) is 41.5 Å². The number of aliphatic hydroxyl groups excluding tert-OH is 2. The SMILES string of the molecule is CC(=O)C=C(C)O.CC(=O)C=C(C)O.Cc1ccc2c(n1)oc1c(-c3ccc4oc(-c5ccc(F)cc5)cc4n3)[c-]ccc12.Cc1ccc2c(n1)oc1c(-c3ccc4oc(-c5ccccc5)c(-c5ccccc5)c4n3)[c-]ccc12.[Ir].[Ir]. The maximum Gasteiger partial charge on any atom is 0.216 e. The number of allylic oxidation sites excluding steroid dienone is 4. The summed E-state index contributed by atoms with van der Waals surface area (Å²) in [7, 11) is 0. The molecule has 0 bridgehead atoms. The van der Waals surface area contributed by atoms with Gasteiger partial charge >= 0.3 is 0 Å². The number of carbonyl (C=O) groups excluding carboxylic acids is 2. The summed E-state index contributed by atoms with van der Waals surface area (Å²) in [5.41, 5.74) is 14.3. The van der Waals surface area contributed by atoms with Gasteiger partial charge in [0.25, 0.3) is 0 Å². The van der Waals surface area contributed by atoms with Gasteiger partial charge in [-0.25, -0.2) is 14.4 Å². The third-order valence-corrected chi connectivity index (χ3v) is 12.3. The molecule has 0 aliphatic heterocycles. The third-order valence-electron chi connectivity index (χ3n) is 12.3. The molecule has 0 unspecified atom stereocenters. The van der Waals surface area contributed by atoms with E-state index in [2.05, 4.69) is 52.4 Å². The molecule has 2 radical (unpaired) electrons. The fourth-order valence-electron chi connectivity index (χ4n) is 9.00. The number of aliphatic hydroxyl groups is 2. The van der Waals surface area contributed by atoms with Gasteiger partial charge in [-0.1, -0.05) is 94.7 Å². The fourth-order valence-corrected chi connectivity index (χ4v) is 9.00. The second-order valence-corrected chi connectivity index (χ2v) is 18.6. The molecule has 0 spiro atoms. The Labute approximate surface area is 491 Å². The normalized spacial score (nSPS) is 11.3. The zero-order valence-corrected chi connectivity index (χ0v) is 49.2. The van der Waals surface area contributed by atoms with Crippen molar-refractivity contribution < 1.29 is 82.1 Å². The van der Waals surface area contributed by atoms with E-state index in [4.69, 9.17) is 37.8 Å². The number of furan rings is 4. The summed E-state index contributed by atoms with van der Waals surface area (Å²) in [5, 5.41) is 20.7. The number of ketones is 2. The van der Waals surface area contributed by atoms with Gasteiger partial charge in [-0.15, -0.1) is 36.4 Å². The molecule has 0 fully saturated rings. The van der Waals surface area contributed by atoms with Crippen LogP contribution in [-0.2, 0) is 49.8 Å². The number of rotatable bonds is 7. The molecule has 13 rings (SSSR count). The Morgan fingerprint density at radius 3 is 1.49 bits per heavy atom. The molecule has 5 aromatic carbocycles. The molecular formula is C66H49FIr2N4O8-2. The van der Waals surface area contributed by atoms with Crippen LogP contribution in [0.5, 0.6) is 0 Å². The van der Waals surface area contributed by atoms with Crippen molar-refractivity contribution in [3.05, 3.63) is 217 Å². The topological polar surface area (TPSA) is 179 Å². The van der Waals surface area contributed by atoms with E-state index in [1.807, 2.05) is 123 Å². The number of nitrogens with zero attached hydrogens (tertiary/aromatic N) is 4. The molecule has 0 amide bonds. The van der Waals surface area contributed by atoms with Gasteiger partial charge in [0.05, 0.1) is 33.8 Å². The van der Waals surface area contributed by atoms with Gasteiger partial charge in [0.15, 0.2) is 22.7 Å². The molecule has 12 nitrogen and oxygen atoms in total. The molecule has 408 valence electrons. The Morgan fingerprint density at radius 2 is 1.00 bits per heavy atom. The summed E-state index contributed by atoms with van der Waals surface area (Å²) in [6.45, 7) is 9.60. The molecule has 81 heavy (non-hydrogen) atoms. The Kier molecular flexibility index (Phi) is 18.3. The molecule has 2 N–H and O–H groups in total. The average Bonchev–Trinajstić information content (AvgIpc) is 4.27. The van der Waals surface area contributed by atoms with Crippen LogP contribution in [0.3, 0.4) is 0 Å². The summed E-state index contributed by atoms with van der Waals surface area (Å²) in [6.07, 6.45) is 2.33. The largest absolute Gasteiger partial charge is 0.512 e. The average molecular weight is 1430 g/mol. The van der Waals surface area contributed by atoms with E-state index < -0.39 is 0 Å². The van der Waals surface area contributed by atoms with Crippen LogP contribution in [0.4, 0.5) is 4.39 Å². The van der Waals surface area contributed by atoms with E-state index in [1.165, 1.54) is 52.0 Å². The molecular weight excluding hydrogens is 1380 g/mol. The Hall–Kier alpha value is -8.97. The maximum absolute atomic E-state index is 13.2. The molecule has 0 saturated carbocycles. The van der Waals surface area contributed by atoms with Gasteiger partial charge in [-0.05, 0) is 119 Å². The maximum atomic E-state index is 13.2. The van der Waals surface area contributed by atoms with Crippen LogP contribution in [0, 0.1) is 31.8 Å². The minimum absolute atomic E-state index is 0. The van der Waals surface area contributed by atoms with Gasteiger partial charge in [0.1, 0.15) is 22.9 Å². The Balaban J connectivity index is 0.000000170. The summed E-state index contributed by atoms with van der Waals surface area (Å²) >= 11 is 0. The van der Waals surface area contributed by atoms with Crippen LogP contribution in [0.2, 0.25) is 0 Å². The first-order valence-corrected chi connectivity index (χ1v) is 25.1. The monoisotopic (exact) mass is 1430 g/mol. The number of hydrogen-bond donors (Lipinski definition) is 2. The number of fused-ring (bicyclic) bond motifs is 8. The number of halogens is 1. The number of aromatic nitrogens is 4. The minimum atomic E-state index is -0.283. The van der Waals surface area contributed by atoms with Crippen LogP contribution >= 0.6 is 0 Å². The number of aryl methyl sites for hydroxylation is 2. The minimum Gasteiger partial charge on any atom is -0.512 e. The molecule has 15 heteroatoms. The molecule has 0 aliphatic carbocycles. The summed E-state index contributed by atoms with van der Waals surface area (Å²) in [4.78, 5) is 39.0. The number of pyridine rings is 4. The molecule has 0 atom stereocenters. The second-order valence-electron chi connectivity index (χ2n) is 18.6. The van der Waals surface area contributed by atoms with Crippen LogP contribution < -0.4 is 0 Å². The Bertz CT molecular complexity index is 4430. The first-order chi connectivity index (χ1) is 38.2. The summed E-state index contributed by atoms with van der Waals surface area (Å²) in [5.74, 6) is 1.04. The standard InChI is InChI=1S/C31H19N2O2.C25H14FN2O2.2C5H8O2.2Ir/c1-19-15-16-23-22-13-8-14-24(30(22)35-31(23)32-19)25-17-18-26-28(33-25)27(20-9-4-2-5-10-20)29(34-26)21-11-6-3-7-12-21;1-14-5-10-18-17-3-2-4-19(24(17)30-25(18)27-14)20-11-12-22-21(28-20)13-23(29-22)15-6-8-16(26)9-7-15;2*1-4(6)3-5(2)7;;/h2-13,15-18H,1H3;2-3,5-13H,1H3;2*3,6H,1-2H3;;/q2*-1;;;;. The molecule has 13 aromatic rings. The van der Waals surface area contributed by atoms with E-state index in [0.717, 1.165) is 100 Å². The number of benzene rings is 5. The van der Waals surface area contributed by atoms with Crippen molar-refractivity contribution in [2.75, 3.05) is 0 Å². The predicted octanol–water partition coefficient (Wildman–Crippen LogP) is 17.0. The molecule has 0 saturated heterocycles.